The number of piperidine rings is 1. The molecule has 0 saturated carbocycles. The van der Waals surface area contributed by atoms with E-state index in [4.69, 9.17) is 4.98 Å². The predicted octanol–water partition coefficient (Wildman–Crippen LogP) is 3.20. The molecule has 8 heteroatoms. The molecule has 0 N–H and O–H groups in total. The molecule has 1 amide bonds. The Morgan fingerprint density at radius 3 is 2.57 bits per heavy atom. The molecule has 1 aliphatic heterocycles. The van der Waals surface area contributed by atoms with E-state index in [9.17, 15) is 13.2 Å². The number of carbonyl (C=O) groups is 1. The first kappa shape index (κ1) is 22.5. The number of hydrogen-bond donors (Lipinski definition) is 0. The number of benzene rings is 1. The van der Waals surface area contributed by atoms with Crippen LogP contribution in [0.1, 0.15) is 44.9 Å². The third kappa shape index (κ3) is 4.75. The molecule has 0 bridgehead atoms. The average Bonchev–Trinajstić information content (AvgIpc) is 3.07. The van der Waals surface area contributed by atoms with Crippen LogP contribution in [0.4, 0.5) is 0 Å². The highest BCUT2D eigenvalue weighted by Crippen LogP contribution is 2.24. The Morgan fingerprint density at radius 1 is 1.23 bits per heavy atom. The molecule has 1 aromatic heterocycles. The fourth-order valence-electron chi connectivity index (χ4n) is 3.74. The van der Waals surface area contributed by atoms with Gasteiger partial charge in [-0.3, -0.25) is 4.79 Å². The van der Waals surface area contributed by atoms with Crippen LogP contribution in [0.25, 0.3) is 11.0 Å². The molecule has 1 aliphatic rings. The Hall–Kier alpha value is -2.19. The molecule has 1 fully saturated rings. The number of unbranched alkanes of at least 4 members (excludes halogenated alkanes) is 1. The number of amides is 1. The summed E-state index contributed by atoms with van der Waals surface area (Å²) in [6.07, 6.45) is 4.75. The minimum Gasteiger partial charge on any atom is -0.342 e. The van der Waals surface area contributed by atoms with Gasteiger partial charge in [0.25, 0.3) is 0 Å². The Balaban J connectivity index is 1.85. The summed E-state index contributed by atoms with van der Waals surface area (Å²) >= 11 is 0. The molecule has 2 aromatic rings. The quantitative estimate of drug-likeness (QED) is 0.601. The summed E-state index contributed by atoms with van der Waals surface area (Å²) in [7, 11) is -0.477. The number of hydrogen-bond acceptors (Lipinski definition) is 4. The van der Waals surface area contributed by atoms with E-state index in [-0.39, 0.29) is 10.8 Å². The molecule has 30 heavy (non-hydrogen) atoms. The number of rotatable bonds is 8. The number of imidazole rings is 1. The first-order valence-corrected chi connectivity index (χ1v) is 12.0. The van der Waals surface area contributed by atoms with Crippen molar-refractivity contribution in [3.63, 3.8) is 0 Å². The number of aromatic nitrogens is 2. The zero-order chi connectivity index (χ0) is 21.9. The highest BCUT2D eigenvalue weighted by atomic mass is 32.2. The molecule has 0 radical (unpaired) electrons. The second-order valence-corrected chi connectivity index (χ2v) is 10.3. The summed E-state index contributed by atoms with van der Waals surface area (Å²) in [5.74, 6) is 0.986. The van der Waals surface area contributed by atoms with Crippen molar-refractivity contribution >= 4 is 27.0 Å². The zero-order valence-corrected chi connectivity index (χ0v) is 19.0. The fourth-order valence-corrected chi connectivity index (χ4v) is 4.66. The van der Waals surface area contributed by atoms with Crippen LogP contribution in [0.2, 0.25) is 0 Å². The lowest BCUT2D eigenvalue weighted by molar-refractivity contribution is -0.131. The predicted molar refractivity (Wildman–Crippen MR) is 119 cm³/mol. The molecule has 164 valence electrons. The van der Waals surface area contributed by atoms with Gasteiger partial charge in [0.2, 0.25) is 15.9 Å². The lowest BCUT2D eigenvalue weighted by Crippen LogP contribution is -2.36. The van der Waals surface area contributed by atoms with Crippen molar-refractivity contribution in [2.45, 2.75) is 56.9 Å². The number of fused-ring (bicyclic) bond motifs is 1. The minimum atomic E-state index is -3.52. The Bertz CT molecular complexity index is 1030. The summed E-state index contributed by atoms with van der Waals surface area (Å²) in [6, 6.07) is 5.10. The van der Waals surface area contributed by atoms with Gasteiger partial charge in [-0.25, -0.2) is 17.7 Å². The third-order valence-electron chi connectivity index (χ3n) is 5.70. The first-order valence-electron chi connectivity index (χ1n) is 10.6. The van der Waals surface area contributed by atoms with Gasteiger partial charge in [-0.2, -0.15) is 0 Å². The fraction of sp³-hybridized carbons (Fsp3) is 0.545. The molecule has 0 unspecified atom stereocenters. The number of carbonyl (C=O) groups excluding carboxylic acids is 1. The molecular weight excluding hydrogens is 400 g/mol. The second kappa shape index (κ2) is 9.31. The lowest BCUT2D eigenvalue weighted by Gasteiger charge is -2.28. The van der Waals surface area contributed by atoms with Crippen LogP contribution in [0.15, 0.2) is 35.2 Å². The maximum Gasteiger partial charge on any atom is 0.242 e. The number of likely N-dealkylation sites (tertiary alicyclic amines) is 1. The van der Waals surface area contributed by atoms with Gasteiger partial charge < -0.3 is 9.47 Å². The van der Waals surface area contributed by atoms with Gasteiger partial charge in [-0.1, -0.05) is 25.5 Å². The molecule has 1 saturated heterocycles. The van der Waals surface area contributed by atoms with Gasteiger partial charge in [-0.15, -0.1) is 0 Å². The van der Waals surface area contributed by atoms with E-state index >= 15 is 0 Å². The van der Waals surface area contributed by atoms with Gasteiger partial charge in [0.05, 0.1) is 15.9 Å². The zero-order valence-electron chi connectivity index (χ0n) is 18.2. The van der Waals surface area contributed by atoms with E-state index in [1.54, 1.807) is 12.1 Å². The maximum atomic E-state index is 12.7. The Labute approximate surface area is 179 Å². The van der Waals surface area contributed by atoms with Crippen LogP contribution in [-0.2, 0) is 27.8 Å². The van der Waals surface area contributed by atoms with Crippen molar-refractivity contribution in [1.29, 1.82) is 0 Å². The average molecular weight is 433 g/mol. The highest BCUT2D eigenvalue weighted by molar-refractivity contribution is 7.89. The van der Waals surface area contributed by atoms with E-state index in [0.717, 1.165) is 56.7 Å². The normalized spacial score (nSPS) is 15.3. The van der Waals surface area contributed by atoms with E-state index in [0.29, 0.717) is 18.4 Å². The number of nitrogens with zero attached hydrogens (tertiary/aromatic N) is 4. The standard InChI is InChI=1S/C22H32N4O3S/c1-5-6-13-26-20-8-7-18(30(28,29)24(3)4)16-19(20)23-21(26)9-10-22(27)25-14-11-17(2)12-15-25/h7-8,16H,2,5-6,9-15H2,1,3-4H3. The molecule has 0 atom stereocenters. The van der Waals surface area contributed by atoms with Gasteiger partial charge >= 0.3 is 0 Å². The smallest absolute Gasteiger partial charge is 0.242 e. The van der Waals surface area contributed by atoms with E-state index < -0.39 is 10.0 Å². The molecule has 7 nitrogen and oxygen atoms in total. The largest absolute Gasteiger partial charge is 0.342 e. The van der Waals surface area contributed by atoms with Crippen molar-refractivity contribution in [2.75, 3.05) is 27.2 Å². The molecule has 3 rings (SSSR count). The van der Waals surface area contributed by atoms with Crippen molar-refractivity contribution in [2.24, 2.45) is 0 Å². The van der Waals surface area contributed by atoms with Crippen LogP contribution in [-0.4, -0.2) is 60.3 Å². The van der Waals surface area contributed by atoms with Crippen LogP contribution in [0.3, 0.4) is 0 Å². The van der Waals surface area contributed by atoms with Crippen molar-refractivity contribution < 1.29 is 13.2 Å². The maximum absolute atomic E-state index is 12.7. The Kier molecular flexibility index (Phi) is 6.98. The van der Waals surface area contributed by atoms with E-state index in [1.807, 2.05) is 11.0 Å². The monoisotopic (exact) mass is 432 g/mol. The van der Waals surface area contributed by atoms with Crippen LogP contribution < -0.4 is 0 Å². The lowest BCUT2D eigenvalue weighted by atomic mass is 10.1. The summed E-state index contributed by atoms with van der Waals surface area (Å²) in [5.41, 5.74) is 2.78. The van der Waals surface area contributed by atoms with Gasteiger partial charge in [-0.05, 0) is 37.5 Å². The molecule has 1 aromatic carbocycles. The van der Waals surface area contributed by atoms with E-state index in [1.165, 1.54) is 24.0 Å². The minimum absolute atomic E-state index is 0.146. The highest BCUT2D eigenvalue weighted by Gasteiger charge is 2.21. The number of sulfonamides is 1. The van der Waals surface area contributed by atoms with Crippen molar-refractivity contribution in [1.82, 2.24) is 18.8 Å². The van der Waals surface area contributed by atoms with Crippen LogP contribution in [0.5, 0.6) is 0 Å². The molecule has 0 aliphatic carbocycles. The molecule has 2 heterocycles. The number of aryl methyl sites for hydroxylation is 2. The van der Waals surface area contributed by atoms with Gasteiger partial charge in [0, 0.05) is 46.6 Å². The van der Waals surface area contributed by atoms with Crippen LogP contribution in [0, 0.1) is 0 Å². The molecular formula is C22H32N4O3S. The van der Waals surface area contributed by atoms with Gasteiger partial charge in [0.1, 0.15) is 5.82 Å². The summed E-state index contributed by atoms with van der Waals surface area (Å²) in [5, 5.41) is 0. The van der Waals surface area contributed by atoms with E-state index in [2.05, 4.69) is 18.1 Å². The van der Waals surface area contributed by atoms with Gasteiger partial charge in [0.15, 0.2) is 0 Å². The summed E-state index contributed by atoms with van der Waals surface area (Å²) in [6.45, 7) is 8.43. The van der Waals surface area contributed by atoms with Crippen molar-refractivity contribution in [3.05, 3.63) is 36.2 Å². The van der Waals surface area contributed by atoms with Crippen LogP contribution >= 0.6 is 0 Å². The first-order chi connectivity index (χ1) is 14.2. The topological polar surface area (TPSA) is 75.5 Å². The van der Waals surface area contributed by atoms with Crippen molar-refractivity contribution in [3.8, 4) is 0 Å². The third-order valence-corrected chi connectivity index (χ3v) is 7.51. The molecule has 0 spiro atoms. The SMILES string of the molecule is C=C1CCN(C(=O)CCc2nc3cc(S(=O)(=O)N(C)C)ccc3n2CCCC)CC1. The summed E-state index contributed by atoms with van der Waals surface area (Å²) in [4.78, 5) is 19.5. The summed E-state index contributed by atoms with van der Waals surface area (Å²) < 4.78 is 28.3. The second-order valence-electron chi connectivity index (χ2n) is 8.10. The Morgan fingerprint density at radius 2 is 1.93 bits per heavy atom.